The van der Waals surface area contributed by atoms with Gasteiger partial charge in [0.25, 0.3) is 0 Å². The molecule has 0 saturated heterocycles. The summed E-state index contributed by atoms with van der Waals surface area (Å²) >= 11 is 0. The fourth-order valence-corrected chi connectivity index (χ4v) is 3.92. The van der Waals surface area contributed by atoms with Crippen molar-refractivity contribution in [3.63, 3.8) is 0 Å². The van der Waals surface area contributed by atoms with Crippen LogP contribution >= 0.6 is 0 Å². The molecule has 1 N–H and O–H groups in total. The molecule has 1 saturated carbocycles. The smallest absolute Gasteiger partial charge is 0.332 e. The van der Waals surface area contributed by atoms with E-state index in [-0.39, 0.29) is 6.10 Å². The van der Waals surface area contributed by atoms with E-state index >= 15 is 0 Å². The van der Waals surface area contributed by atoms with Gasteiger partial charge in [0.1, 0.15) is 11.5 Å². The predicted octanol–water partition coefficient (Wildman–Crippen LogP) is 5.30. The van der Waals surface area contributed by atoms with Crippen molar-refractivity contribution in [2.75, 3.05) is 6.61 Å². The molecule has 0 aliphatic heterocycles. The average molecular weight is 416 g/mol. The molecule has 0 bridgehead atoms. The summed E-state index contributed by atoms with van der Waals surface area (Å²) < 4.78 is 17.7. The van der Waals surface area contributed by atoms with Crippen LogP contribution in [0.15, 0.2) is 28.7 Å². The molecule has 1 heterocycles. The van der Waals surface area contributed by atoms with Crippen molar-refractivity contribution in [1.82, 2.24) is 4.98 Å². The van der Waals surface area contributed by atoms with Crippen LogP contribution in [0.2, 0.25) is 0 Å². The van der Waals surface area contributed by atoms with Gasteiger partial charge in [0, 0.05) is 5.56 Å². The van der Waals surface area contributed by atoms with Gasteiger partial charge in [-0.2, -0.15) is 0 Å². The molecule has 0 radical (unpaired) electrons. The van der Waals surface area contributed by atoms with E-state index in [2.05, 4.69) is 11.9 Å². The minimum Gasteiger partial charge on any atom is -0.479 e. The van der Waals surface area contributed by atoms with Crippen LogP contribution < -0.4 is 0 Å². The Bertz CT molecular complexity index is 814. The van der Waals surface area contributed by atoms with Crippen molar-refractivity contribution < 1.29 is 23.8 Å². The van der Waals surface area contributed by atoms with Crippen LogP contribution in [0.25, 0.3) is 11.5 Å². The van der Waals surface area contributed by atoms with Gasteiger partial charge < -0.3 is 19.0 Å². The van der Waals surface area contributed by atoms with Crippen molar-refractivity contribution >= 4 is 5.97 Å². The standard InChI is InChI=1S/C24H33NO5/c1-4-6-22(24(26)27)29-14-18-7-5-8-20(13-18)28-15-21-17(3)30-23(25-21)19-11-9-16(2)10-12-19/h9-12,18,20,22H,4-8,13-15H2,1-3H3,(H,26,27)/t18-,20+,22?/m1/s1. The van der Waals surface area contributed by atoms with Gasteiger partial charge >= 0.3 is 5.97 Å². The maximum Gasteiger partial charge on any atom is 0.332 e. The predicted molar refractivity (Wildman–Crippen MR) is 114 cm³/mol. The van der Waals surface area contributed by atoms with Crippen LogP contribution in [0, 0.1) is 19.8 Å². The van der Waals surface area contributed by atoms with Crippen LogP contribution in [0.4, 0.5) is 0 Å². The molecule has 1 unspecified atom stereocenters. The molecular weight excluding hydrogens is 382 g/mol. The van der Waals surface area contributed by atoms with Gasteiger partial charge in [0.2, 0.25) is 5.89 Å². The summed E-state index contributed by atoms with van der Waals surface area (Å²) in [5.41, 5.74) is 2.99. The van der Waals surface area contributed by atoms with Crippen molar-refractivity contribution in [3.8, 4) is 11.5 Å². The number of carboxylic acid groups (broad SMARTS) is 1. The minimum atomic E-state index is -0.869. The molecule has 1 aromatic heterocycles. The number of aliphatic carboxylic acids is 1. The molecular formula is C24H33NO5. The molecule has 6 heteroatoms. The number of oxazole rings is 1. The van der Waals surface area contributed by atoms with E-state index in [1.807, 2.05) is 38.1 Å². The Morgan fingerprint density at radius 2 is 2.03 bits per heavy atom. The van der Waals surface area contributed by atoms with Crippen LogP contribution in [-0.2, 0) is 20.9 Å². The van der Waals surface area contributed by atoms with Crippen LogP contribution in [0.5, 0.6) is 0 Å². The van der Waals surface area contributed by atoms with Gasteiger partial charge in [-0.15, -0.1) is 0 Å². The summed E-state index contributed by atoms with van der Waals surface area (Å²) in [6.07, 6.45) is 4.81. The zero-order valence-electron chi connectivity index (χ0n) is 18.2. The summed E-state index contributed by atoms with van der Waals surface area (Å²) in [5, 5.41) is 9.25. The molecule has 2 aromatic rings. The third kappa shape index (κ3) is 6.16. The van der Waals surface area contributed by atoms with Gasteiger partial charge in [0.15, 0.2) is 6.10 Å². The number of aromatic nitrogens is 1. The van der Waals surface area contributed by atoms with E-state index < -0.39 is 12.1 Å². The SMILES string of the molecule is CCCC(OC[C@@H]1CCC[C@H](OCc2nc(-c3ccc(C)cc3)oc2C)C1)C(=O)O. The third-order valence-corrected chi connectivity index (χ3v) is 5.74. The summed E-state index contributed by atoms with van der Waals surface area (Å²) in [4.78, 5) is 15.9. The lowest BCUT2D eigenvalue weighted by atomic mass is 9.87. The quantitative estimate of drug-likeness (QED) is 0.567. The highest BCUT2D eigenvalue weighted by Crippen LogP contribution is 2.29. The van der Waals surface area contributed by atoms with Crippen LogP contribution in [0.1, 0.15) is 62.5 Å². The number of ether oxygens (including phenoxy) is 2. The highest BCUT2D eigenvalue weighted by atomic mass is 16.5. The number of rotatable bonds is 10. The first-order chi connectivity index (χ1) is 14.5. The summed E-state index contributed by atoms with van der Waals surface area (Å²) in [6.45, 7) is 6.85. The second-order valence-corrected chi connectivity index (χ2v) is 8.30. The fourth-order valence-electron chi connectivity index (χ4n) is 3.92. The monoisotopic (exact) mass is 415 g/mol. The normalized spacial score (nSPS) is 20.2. The van der Waals surface area contributed by atoms with E-state index in [9.17, 15) is 9.90 Å². The van der Waals surface area contributed by atoms with Crippen LogP contribution in [-0.4, -0.2) is 34.9 Å². The Morgan fingerprint density at radius 1 is 1.27 bits per heavy atom. The van der Waals surface area contributed by atoms with E-state index in [0.717, 1.165) is 49.1 Å². The molecule has 6 nitrogen and oxygen atoms in total. The number of aryl methyl sites for hydroxylation is 2. The first-order valence-electron chi connectivity index (χ1n) is 11.0. The van der Waals surface area contributed by atoms with E-state index in [1.165, 1.54) is 5.56 Å². The number of nitrogens with zero attached hydrogens (tertiary/aromatic N) is 1. The minimum absolute atomic E-state index is 0.140. The highest BCUT2D eigenvalue weighted by molar-refractivity contribution is 5.72. The van der Waals surface area contributed by atoms with Crippen molar-refractivity contribution in [3.05, 3.63) is 41.3 Å². The van der Waals surface area contributed by atoms with Gasteiger partial charge in [0.05, 0.1) is 19.3 Å². The summed E-state index contributed by atoms with van der Waals surface area (Å²) in [5.74, 6) is 0.872. The van der Waals surface area contributed by atoms with Crippen molar-refractivity contribution in [1.29, 1.82) is 0 Å². The average Bonchev–Trinajstić information content (AvgIpc) is 3.10. The maximum atomic E-state index is 11.3. The molecule has 1 fully saturated rings. The second kappa shape index (κ2) is 10.7. The van der Waals surface area contributed by atoms with Gasteiger partial charge in [-0.1, -0.05) is 37.5 Å². The van der Waals surface area contributed by atoms with Gasteiger partial charge in [-0.25, -0.2) is 9.78 Å². The lowest BCUT2D eigenvalue weighted by Crippen LogP contribution is -2.30. The maximum absolute atomic E-state index is 11.3. The highest BCUT2D eigenvalue weighted by Gasteiger charge is 2.26. The third-order valence-electron chi connectivity index (χ3n) is 5.74. The van der Waals surface area contributed by atoms with Gasteiger partial charge in [-0.05, 0) is 57.6 Å². The molecule has 3 rings (SSSR count). The molecule has 0 spiro atoms. The number of benzene rings is 1. The molecule has 164 valence electrons. The zero-order valence-corrected chi connectivity index (χ0v) is 18.2. The van der Waals surface area contributed by atoms with E-state index in [4.69, 9.17) is 13.9 Å². The molecule has 1 aromatic carbocycles. The summed E-state index contributed by atoms with van der Waals surface area (Å²) in [7, 11) is 0. The Morgan fingerprint density at radius 3 is 2.73 bits per heavy atom. The number of hydrogen-bond donors (Lipinski definition) is 1. The lowest BCUT2D eigenvalue weighted by molar-refractivity contribution is -0.152. The van der Waals surface area contributed by atoms with Crippen LogP contribution in [0.3, 0.4) is 0 Å². The Balaban J connectivity index is 1.51. The molecule has 1 aliphatic rings. The topological polar surface area (TPSA) is 81.8 Å². The number of carbonyl (C=O) groups is 1. The first-order valence-corrected chi connectivity index (χ1v) is 11.0. The molecule has 3 atom stereocenters. The Labute approximate surface area is 178 Å². The number of hydrogen-bond acceptors (Lipinski definition) is 5. The summed E-state index contributed by atoms with van der Waals surface area (Å²) in [6, 6.07) is 8.12. The first kappa shape index (κ1) is 22.5. The Hall–Kier alpha value is -2.18. The lowest BCUT2D eigenvalue weighted by Gasteiger charge is -2.29. The largest absolute Gasteiger partial charge is 0.479 e. The van der Waals surface area contributed by atoms with E-state index in [1.54, 1.807) is 0 Å². The number of carboxylic acids is 1. The molecule has 1 aliphatic carbocycles. The zero-order chi connectivity index (χ0) is 21.5. The van der Waals surface area contributed by atoms with Gasteiger partial charge in [-0.3, -0.25) is 0 Å². The second-order valence-electron chi connectivity index (χ2n) is 8.30. The van der Waals surface area contributed by atoms with Crippen molar-refractivity contribution in [2.45, 2.75) is 78.1 Å². The fraction of sp³-hybridized carbons (Fsp3) is 0.583. The molecule has 30 heavy (non-hydrogen) atoms. The van der Waals surface area contributed by atoms with Crippen molar-refractivity contribution in [2.24, 2.45) is 5.92 Å². The molecule has 0 amide bonds. The van der Waals surface area contributed by atoms with E-state index in [0.29, 0.717) is 31.4 Å². The Kier molecular flexibility index (Phi) is 8.05.